The first-order valence-corrected chi connectivity index (χ1v) is 9.63. The summed E-state index contributed by atoms with van der Waals surface area (Å²) in [6, 6.07) is 0.624. The largest absolute Gasteiger partial charge is 0.381 e. The second-order valence-electron chi connectivity index (χ2n) is 7.31. The smallest absolute Gasteiger partial charge is 0.223 e. The summed E-state index contributed by atoms with van der Waals surface area (Å²) < 4.78 is 5.38. The van der Waals surface area contributed by atoms with E-state index in [0.717, 1.165) is 50.4 Å². The van der Waals surface area contributed by atoms with Crippen molar-refractivity contribution in [2.24, 2.45) is 5.92 Å². The van der Waals surface area contributed by atoms with Crippen LogP contribution in [0.25, 0.3) is 0 Å². The number of hydrogen-bond donors (Lipinski definition) is 2. The minimum atomic E-state index is 0.0745. The average molecular weight is 349 g/mol. The predicted octanol–water partition coefficient (Wildman–Crippen LogP) is 1.61. The zero-order chi connectivity index (χ0) is 17.8. The summed E-state index contributed by atoms with van der Waals surface area (Å²) in [7, 11) is 0. The maximum Gasteiger partial charge on any atom is 0.223 e. The van der Waals surface area contributed by atoms with Gasteiger partial charge in [0.1, 0.15) is 5.82 Å². The van der Waals surface area contributed by atoms with Gasteiger partial charge in [-0.1, -0.05) is 13.8 Å². The van der Waals surface area contributed by atoms with Crippen LogP contribution < -0.4 is 5.32 Å². The van der Waals surface area contributed by atoms with E-state index < -0.39 is 0 Å². The minimum absolute atomic E-state index is 0.0745. The first kappa shape index (κ1) is 18.3. The van der Waals surface area contributed by atoms with E-state index in [1.54, 1.807) is 0 Å². The lowest BCUT2D eigenvalue weighted by Gasteiger charge is -2.26. The Morgan fingerprint density at radius 2 is 2.04 bits per heavy atom. The number of aromatic amines is 1. The number of amides is 1. The minimum Gasteiger partial charge on any atom is -0.381 e. The second-order valence-corrected chi connectivity index (χ2v) is 7.31. The highest BCUT2D eigenvalue weighted by atomic mass is 16.5. The molecular formula is C18H31N5O2. The molecule has 0 radical (unpaired) electrons. The van der Waals surface area contributed by atoms with Gasteiger partial charge >= 0.3 is 0 Å². The molecule has 7 heteroatoms. The number of nitrogens with zero attached hydrogens (tertiary/aromatic N) is 3. The molecule has 1 amide bonds. The number of carbonyl (C=O) groups is 1. The molecule has 2 saturated heterocycles. The van der Waals surface area contributed by atoms with Gasteiger partial charge in [0.25, 0.3) is 0 Å². The fourth-order valence-corrected chi connectivity index (χ4v) is 4.13. The Hall–Kier alpha value is -1.47. The van der Waals surface area contributed by atoms with Crippen molar-refractivity contribution < 1.29 is 9.53 Å². The van der Waals surface area contributed by atoms with Crippen LogP contribution in [0, 0.1) is 12.8 Å². The third-order valence-corrected chi connectivity index (χ3v) is 5.67. The van der Waals surface area contributed by atoms with E-state index in [1.165, 1.54) is 0 Å². The maximum absolute atomic E-state index is 12.7. The van der Waals surface area contributed by atoms with Crippen LogP contribution in [0.4, 0.5) is 0 Å². The van der Waals surface area contributed by atoms with Gasteiger partial charge in [-0.15, -0.1) is 0 Å². The van der Waals surface area contributed by atoms with Gasteiger partial charge in [0.05, 0.1) is 12.0 Å². The molecule has 25 heavy (non-hydrogen) atoms. The van der Waals surface area contributed by atoms with Crippen molar-refractivity contribution in [3.05, 3.63) is 11.6 Å². The SMILES string of the molecule is CCC(CC)N1C[C@@H](NC(=O)C2CCOCC2)[C@H](c2n[nH]c(C)n2)C1. The molecule has 2 N–H and O–H groups in total. The monoisotopic (exact) mass is 349 g/mol. The number of aryl methyl sites for hydroxylation is 1. The standard InChI is InChI=1S/C18H31N5O2/c1-4-14(5-2)23-10-15(17-19-12(3)21-22-17)16(11-23)20-18(24)13-6-8-25-9-7-13/h13-16H,4-11H2,1-3H3,(H,20,24)(H,19,21,22)/t15-,16-/m1/s1. The molecule has 0 unspecified atom stereocenters. The van der Waals surface area contributed by atoms with E-state index in [-0.39, 0.29) is 23.8 Å². The van der Waals surface area contributed by atoms with E-state index >= 15 is 0 Å². The molecule has 0 spiro atoms. The lowest BCUT2D eigenvalue weighted by atomic mass is 9.97. The molecule has 2 aliphatic heterocycles. The molecule has 3 heterocycles. The molecule has 3 rings (SSSR count). The summed E-state index contributed by atoms with van der Waals surface area (Å²) in [6.07, 6.45) is 3.88. The van der Waals surface area contributed by atoms with Gasteiger partial charge in [-0.3, -0.25) is 14.8 Å². The molecular weight excluding hydrogens is 318 g/mol. The van der Waals surface area contributed by atoms with Crippen molar-refractivity contribution in [1.82, 2.24) is 25.4 Å². The maximum atomic E-state index is 12.7. The third kappa shape index (κ3) is 4.20. The van der Waals surface area contributed by atoms with Gasteiger partial charge in [0, 0.05) is 38.3 Å². The van der Waals surface area contributed by atoms with E-state index in [4.69, 9.17) is 4.74 Å². The number of ether oxygens (including phenoxy) is 1. The van der Waals surface area contributed by atoms with Crippen molar-refractivity contribution in [3.63, 3.8) is 0 Å². The number of likely N-dealkylation sites (tertiary alicyclic amines) is 1. The van der Waals surface area contributed by atoms with Gasteiger partial charge in [0.2, 0.25) is 5.91 Å². The van der Waals surface area contributed by atoms with Crippen molar-refractivity contribution in [3.8, 4) is 0 Å². The molecule has 0 aromatic carbocycles. The molecule has 0 aliphatic carbocycles. The van der Waals surface area contributed by atoms with Crippen molar-refractivity contribution in [2.75, 3.05) is 26.3 Å². The molecule has 140 valence electrons. The predicted molar refractivity (Wildman–Crippen MR) is 95.3 cm³/mol. The molecule has 2 fully saturated rings. The number of nitrogens with one attached hydrogen (secondary N) is 2. The van der Waals surface area contributed by atoms with Crippen molar-refractivity contribution in [2.45, 2.75) is 64.5 Å². The second kappa shape index (κ2) is 8.27. The van der Waals surface area contributed by atoms with Gasteiger partial charge in [-0.05, 0) is 32.6 Å². The van der Waals surface area contributed by atoms with E-state index in [2.05, 4.69) is 39.2 Å². The van der Waals surface area contributed by atoms with Crippen LogP contribution in [0.5, 0.6) is 0 Å². The normalized spacial score (nSPS) is 25.6. The highest BCUT2D eigenvalue weighted by molar-refractivity contribution is 5.79. The highest BCUT2D eigenvalue weighted by Gasteiger charge is 2.39. The number of aromatic nitrogens is 3. The van der Waals surface area contributed by atoms with Crippen LogP contribution in [0.2, 0.25) is 0 Å². The summed E-state index contributed by atoms with van der Waals surface area (Å²) in [6.45, 7) is 9.53. The Morgan fingerprint density at radius 3 is 2.64 bits per heavy atom. The number of H-pyrrole nitrogens is 1. The Balaban J connectivity index is 1.72. The third-order valence-electron chi connectivity index (χ3n) is 5.67. The number of hydrogen-bond acceptors (Lipinski definition) is 5. The van der Waals surface area contributed by atoms with Gasteiger partial charge in [-0.2, -0.15) is 5.10 Å². The van der Waals surface area contributed by atoms with Crippen LogP contribution in [-0.2, 0) is 9.53 Å². The van der Waals surface area contributed by atoms with Gasteiger partial charge < -0.3 is 10.1 Å². The Labute approximate surface area is 149 Å². The Morgan fingerprint density at radius 1 is 1.32 bits per heavy atom. The first-order valence-electron chi connectivity index (χ1n) is 9.63. The molecule has 0 saturated carbocycles. The first-order chi connectivity index (χ1) is 12.1. The Kier molecular flexibility index (Phi) is 6.06. The zero-order valence-corrected chi connectivity index (χ0v) is 15.6. The van der Waals surface area contributed by atoms with E-state index in [9.17, 15) is 4.79 Å². The summed E-state index contributed by atoms with van der Waals surface area (Å²) in [5.74, 6) is 2.03. The highest BCUT2D eigenvalue weighted by Crippen LogP contribution is 2.29. The van der Waals surface area contributed by atoms with Crippen molar-refractivity contribution in [1.29, 1.82) is 0 Å². The summed E-state index contributed by atoms with van der Waals surface area (Å²) in [4.78, 5) is 19.8. The fourth-order valence-electron chi connectivity index (χ4n) is 4.13. The van der Waals surface area contributed by atoms with Crippen LogP contribution in [-0.4, -0.2) is 64.4 Å². The molecule has 2 aliphatic rings. The fraction of sp³-hybridized carbons (Fsp3) is 0.833. The van der Waals surface area contributed by atoms with Crippen molar-refractivity contribution >= 4 is 5.91 Å². The summed E-state index contributed by atoms with van der Waals surface area (Å²) in [5.41, 5.74) is 0. The zero-order valence-electron chi connectivity index (χ0n) is 15.6. The van der Waals surface area contributed by atoms with Crippen LogP contribution in [0.3, 0.4) is 0 Å². The lowest BCUT2D eigenvalue weighted by molar-refractivity contribution is -0.128. The summed E-state index contributed by atoms with van der Waals surface area (Å²) >= 11 is 0. The van der Waals surface area contributed by atoms with Gasteiger partial charge in [0.15, 0.2) is 5.82 Å². The number of carbonyl (C=O) groups excluding carboxylic acids is 1. The average Bonchev–Trinajstić information content (AvgIpc) is 3.23. The molecule has 0 bridgehead atoms. The van der Waals surface area contributed by atoms with E-state index in [0.29, 0.717) is 19.3 Å². The molecule has 7 nitrogen and oxygen atoms in total. The van der Waals surface area contributed by atoms with Gasteiger partial charge in [-0.25, -0.2) is 4.98 Å². The summed E-state index contributed by atoms with van der Waals surface area (Å²) in [5, 5.41) is 10.6. The molecule has 1 aromatic rings. The van der Waals surface area contributed by atoms with Crippen LogP contribution in [0.15, 0.2) is 0 Å². The lowest BCUT2D eigenvalue weighted by Crippen LogP contribution is -2.44. The van der Waals surface area contributed by atoms with E-state index in [1.807, 2.05) is 6.92 Å². The van der Waals surface area contributed by atoms with Crippen LogP contribution >= 0.6 is 0 Å². The molecule has 1 aromatic heterocycles. The number of rotatable bonds is 6. The quantitative estimate of drug-likeness (QED) is 0.815. The molecule has 2 atom stereocenters. The van der Waals surface area contributed by atoms with Crippen LogP contribution in [0.1, 0.15) is 57.1 Å². The Bertz CT molecular complexity index is 566. The topological polar surface area (TPSA) is 83.1 Å².